The molecule has 0 N–H and O–H groups in total. The topological polar surface area (TPSA) is 78.9 Å². The van der Waals surface area contributed by atoms with E-state index in [1.807, 2.05) is 103 Å². The van der Waals surface area contributed by atoms with Crippen molar-refractivity contribution in [2.75, 3.05) is 13.2 Å². The molecule has 324 valence electrons. The van der Waals surface area contributed by atoms with Crippen LogP contribution < -0.4 is 0 Å². The first-order chi connectivity index (χ1) is 28.5. The van der Waals surface area contributed by atoms with Crippen molar-refractivity contribution < 1.29 is 28.6 Å². The Morgan fingerprint density at radius 3 is 1.10 bits per heavy atom. The molecule has 0 saturated heterocycles. The van der Waals surface area contributed by atoms with E-state index in [4.69, 9.17) is 14.2 Å². The van der Waals surface area contributed by atoms with E-state index in [0.29, 0.717) is 19.3 Å². The predicted octanol–water partition coefficient (Wildman–Crippen LogP) is 14.6. The van der Waals surface area contributed by atoms with Gasteiger partial charge in [0, 0.05) is 19.3 Å². The second kappa shape index (κ2) is 45.5. The van der Waals surface area contributed by atoms with Gasteiger partial charge in [-0.15, -0.1) is 0 Å². The van der Waals surface area contributed by atoms with Gasteiger partial charge in [-0.2, -0.15) is 0 Å². The van der Waals surface area contributed by atoms with Gasteiger partial charge in [0.2, 0.25) is 0 Å². The SMILES string of the molecule is CC\C=C/C=C\C=C/C=C\C=C/CCCCCC(=O)OCC(COC(=O)CCCCCCCCCCCCCC)OC(=O)CCC\C=C/C=C\C=C/C=C\C=C/CC. The van der Waals surface area contributed by atoms with E-state index in [0.717, 1.165) is 64.2 Å². The van der Waals surface area contributed by atoms with Crippen LogP contribution in [0, 0.1) is 0 Å². The molecule has 0 aromatic heterocycles. The van der Waals surface area contributed by atoms with E-state index in [-0.39, 0.29) is 31.6 Å². The minimum Gasteiger partial charge on any atom is -0.462 e. The number of hydrogen-bond acceptors (Lipinski definition) is 6. The highest BCUT2D eigenvalue weighted by Crippen LogP contribution is 2.13. The molecule has 0 rings (SSSR count). The summed E-state index contributed by atoms with van der Waals surface area (Å²) in [5.74, 6) is -1.05. The van der Waals surface area contributed by atoms with Crippen LogP contribution in [0.2, 0.25) is 0 Å². The zero-order chi connectivity index (χ0) is 42.3. The van der Waals surface area contributed by atoms with Crippen LogP contribution in [0.3, 0.4) is 0 Å². The van der Waals surface area contributed by atoms with Crippen molar-refractivity contribution in [3.8, 4) is 0 Å². The molecule has 0 heterocycles. The third-order valence-electron chi connectivity index (χ3n) is 8.97. The summed E-state index contributed by atoms with van der Waals surface area (Å²) in [6.45, 7) is 6.21. The normalized spacial score (nSPS) is 13.2. The van der Waals surface area contributed by atoms with Crippen molar-refractivity contribution in [1.82, 2.24) is 0 Å². The third-order valence-corrected chi connectivity index (χ3v) is 8.97. The molecule has 0 aliphatic carbocycles. The first kappa shape index (κ1) is 53.8. The molecule has 0 aromatic rings. The maximum Gasteiger partial charge on any atom is 0.306 e. The van der Waals surface area contributed by atoms with E-state index in [1.54, 1.807) is 0 Å². The molecule has 0 radical (unpaired) electrons. The quantitative estimate of drug-likeness (QED) is 0.0268. The van der Waals surface area contributed by atoms with Crippen molar-refractivity contribution >= 4 is 17.9 Å². The van der Waals surface area contributed by atoms with Crippen LogP contribution in [0.15, 0.2) is 122 Å². The minimum absolute atomic E-state index is 0.123. The van der Waals surface area contributed by atoms with Gasteiger partial charge >= 0.3 is 17.9 Å². The highest BCUT2D eigenvalue weighted by atomic mass is 16.6. The van der Waals surface area contributed by atoms with Gasteiger partial charge in [0.25, 0.3) is 0 Å². The van der Waals surface area contributed by atoms with Crippen LogP contribution in [-0.2, 0) is 28.6 Å². The van der Waals surface area contributed by atoms with Crippen LogP contribution >= 0.6 is 0 Å². The molecule has 6 heteroatoms. The Morgan fingerprint density at radius 1 is 0.362 bits per heavy atom. The Morgan fingerprint density at radius 2 is 0.690 bits per heavy atom. The Balaban J connectivity index is 4.61. The van der Waals surface area contributed by atoms with Gasteiger partial charge < -0.3 is 14.2 Å². The lowest BCUT2D eigenvalue weighted by Gasteiger charge is -2.18. The first-order valence-corrected chi connectivity index (χ1v) is 22.7. The lowest BCUT2D eigenvalue weighted by Crippen LogP contribution is -2.30. The summed E-state index contributed by atoms with van der Waals surface area (Å²) in [6.07, 6.45) is 61.8. The molecule has 0 saturated carbocycles. The summed E-state index contributed by atoms with van der Waals surface area (Å²) in [7, 11) is 0. The molecule has 1 unspecified atom stereocenters. The van der Waals surface area contributed by atoms with E-state index in [2.05, 4.69) is 39.0 Å². The summed E-state index contributed by atoms with van der Waals surface area (Å²) in [5.41, 5.74) is 0. The molecule has 0 bridgehead atoms. The fraction of sp³-hybridized carbons (Fsp3) is 0.558. The Hall–Kier alpha value is -4.19. The first-order valence-electron chi connectivity index (χ1n) is 22.7. The fourth-order valence-corrected chi connectivity index (χ4v) is 5.61. The van der Waals surface area contributed by atoms with E-state index >= 15 is 0 Å². The van der Waals surface area contributed by atoms with Crippen LogP contribution in [0.25, 0.3) is 0 Å². The number of allylic oxidation sites excluding steroid dienone is 20. The molecule has 0 aromatic carbocycles. The monoisotopic (exact) mass is 801 g/mol. The molecule has 0 aliphatic heterocycles. The molecule has 0 aliphatic rings. The molecular weight excluding hydrogens is 721 g/mol. The predicted molar refractivity (Wildman–Crippen MR) is 246 cm³/mol. The number of ether oxygens (including phenoxy) is 3. The number of carbonyl (C=O) groups excluding carboxylic acids is 3. The third kappa shape index (κ3) is 42.9. The van der Waals surface area contributed by atoms with Gasteiger partial charge in [0.15, 0.2) is 6.10 Å². The maximum atomic E-state index is 12.7. The van der Waals surface area contributed by atoms with Crippen molar-refractivity contribution in [3.05, 3.63) is 122 Å². The standard InChI is InChI=1S/C52H80O6/c1-4-7-10-13-16-19-22-25-26-28-30-33-36-39-42-45-51(54)57-48-49(47-56-50(53)44-41-38-35-32-29-24-21-18-15-12-9-6-3)58-52(55)46-43-40-37-34-31-27-23-20-17-14-11-8-5-2/h7-8,10-11,13-14,16-17,19-20,22-23,25-28,30-31,34,37,49H,4-6,9,12,15,18,21,24,29,32-33,35-36,38-48H2,1-3H3/b10-7-,11-8-,16-13-,17-14-,22-19-,23-20-,26-25-,30-28-,31-27-,37-34-. The zero-order valence-corrected chi connectivity index (χ0v) is 36.8. The Bertz CT molecular complexity index is 1290. The average Bonchev–Trinajstić information content (AvgIpc) is 3.22. The average molecular weight is 801 g/mol. The highest BCUT2D eigenvalue weighted by molar-refractivity contribution is 5.71. The Labute approximate surface area is 354 Å². The minimum atomic E-state index is -0.832. The van der Waals surface area contributed by atoms with Gasteiger partial charge in [0.05, 0.1) is 0 Å². The summed E-state index contributed by atoms with van der Waals surface area (Å²) in [5, 5.41) is 0. The Kier molecular flexibility index (Phi) is 42.2. The largest absolute Gasteiger partial charge is 0.462 e. The smallest absolute Gasteiger partial charge is 0.306 e. The summed E-state index contributed by atoms with van der Waals surface area (Å²) < 4.78 is 16.6. The molecule has 0 fully saturated rings. The van der Waals surface area contributed by atoms with Crippen LogP contribution in [0.4, 0.5) is 0 Å². The number of hydrogen-bond donors (Lipinski definition) is 0. The van der Waals surface area contributed by atoms with E-state index < -0.39 is 12.1 Å². The molecule has 1 atom stereocenters. The summed E-state index contributed by atoms with van der Waals surface area (Å²) in [4.78, 5) is 37.7. The number of rotatable bonds is 38. The molecular formula is C52H80O6. The lowest BCUT2D eigenvalue weighted by atomic mass is 10.0. The van der Waals surface area contributed by atoms with Crippen molar-refractivity contribution in [2.45, 2.75) is 175 Å². The summed E-state index contributed by atoms with van der Waals surface area (Å²) in [6, 6.07) is 0. The zero-order valence-electron chi connectivity index (χ0n) is 36.8. The molecule has 0 spiro atoms. The lowest BCUT2D eigenvalue weighted by molar-refractivity contribution is -0.167. The second-order valence-electron chi connectivity index (χ2n) is 14.4. The van der Waals surface area contributed by atoms with E-state index in [9.17, 15) is 14.4 Å². The van der Waals surface area contributed by atoms with Crippen molar-refractivity contribution in [3.63, 3.8) is 0 Å². The van der Waals surface area contributed by atoms with Gasteiger partial charge in [-0.3, -0.25) is 14.4 Å². The van der Waals surface area contributed by atoms with E-state index in [1.165, 1.54) is 57.8 Å². The summed E-state index contributed by atoms with van der Waals surface area (Å²) >= 11 is 0. The van der Waals surface area contributed by atoms with Gasteiger partial charge in [-0.05, 0) is 51.4 Å². The molecule has 6 nitrogen and oxygen atoms in total. The second-order valence-corrected chi connectivity index (χ2v) is 14.4. The highest BCUT2D eigenvalue weighted by Gasteiger charge is 2.19. The van der Waals surface area contributed by atoms with Gasteiger partial charge in [-0.1, -0.05) is 219 Å². The van der Waals surface area contributed by atoms with Gasteiger partial charge in [0.1, 0.15) is 13.2 Å². The van der Waals surface area contributed by atoms with Crippen LogP contribution in [0.1, 0.15) is 168 Å². The van der Waals surface area contributed by atoms with Crippen molar-refractivity contribution in [2.24, 2.45) is 0 Å². The van der Waals surface area contributed by atoms with Gasteiger partial charge in [-0.25, -0.2) is 0 Å². The number of carbonyl (C=O) groups is 3. The van der Waals surface area contributed by atoms with Crippen molar-refractivity contribution in [1.29, 1.82) is 0 Å². The van der Waals surface area contributed by atoms with Crippen LogP contribution in [0.5, 0.6) is 0 Å². The number of unbranched alkanes of at least 4 members (excludes halogenated alkanes) is 15. The van der Waals surface area contributed by atoms with Crippen LogP contribution in [-0.4, -0.2) is 37.2 Å². The fourth-order valence-electron chi connectivity index (χ4n) is 5.61. The molecule has 0 amide bonds. The maximum absolute atomic E-state index is 12.7. The number of esters is 3. The molecule has 58 heavy (non-hydrogen) atoms.